The van der Waals surface area contributed by atoms with Crippen molar-refractivity contribution < 1.29 is 9.59 Å². The number of piperidine rings is 1. The molecule has 3 aliphatic rings. The van der Waals surface area contributed by atoms with Crippen molar-refractivity contribution in [2.75, 3.05) is 38.0 Å². The number of rotatable bonds is 6. The standard InChI is InChI=1S/C29H38ClN5O2/c1-20-16-22(7-8-25(20)30)19-33-14-9-24(10-15-33)35-13-5-6-26(35)28(36)32-27-18-23(17-21(2)31-27)29(37)34-11-3-4-12-34/h7-8,16-18,24,26H,3-6,9-15,19H2,1-2H3,(H,31,32,36)/t26-/m1/s1. The van der Waals surface area contributed by atoms with E-state index in [2.05, 4.69) is 39.2 Å². The number of hydrogen-bond donors (Lipinski definition) is 1. The Labute approximate surface area is 225 Å². The molecule has 3 saturated heterocycles. The fraction of sp³-hybridized carbons (Fsp3) is 0.552. The molecule has 2 aromatic rings. The molecule has 1 atom stereocenters. The van der Waals surface area contributed by atoms with Crippen LogP contribution in [0.25, 0.3) is 0 Å². The Morgan fingerprint density at radius 1 is 0.973 bits per heavy atom. The summed E-state index contributed by atoms with van der Waals surface area (Å²) in [6, 6.07) is 10.1. The highest BCUT2D eigenvalue weighted by atomic mass is 35.5. The van der Waals surface area contributed by atoms with E-state index in [1.54, 1.807) is 6.07 Å². The minimum atomic E-state index is -0.143. The lowest BCUT2D eigenvalue weighted by Gasteiger charge is -2.39. The number of pyridine rings is 1. The first kappa shape index (κ1) is 26.1. The van der Waals surface area contributed by atoms with E-state index in [0.717, 1.165) is 94.1 Å². The molecular weight excluding hydrogens is 486 g/mol. The van der Waals surface area contributed by atoms with E-state index in [9.17, 15) is 9.59 Å². The zero-order chi connectivity index (χ0) is 25.9. The van der Waals surface area contributed by atoms with Crippen molar-refractivity contribution >= 4 is 29.2 Å². The normalized spacial score (nSPS) is 21.5. The number of carbonyl (C=O) groups excluding carboxylic acids is 2. The molecular formula is C29H38ClN5O2. The van der Waals surface area contributed by atoms with E-state index in [0.29, 0.717) is 17.4 Å². The van der Waals surface area contributed by atoms with Gasteiger partial charge in [-0.15, -0.1) is 0 Å². The Balaban J connectivity index is 1.18. The second-order valence-corrected chi connectivity index (χ2v) is 11.3. The molecule has 8 heteroatoms. The zero-order valence-corrected chi connectivity index (χ0v) is 22.8. The van der Waals surface area contributed by atoms with Crippen molar-refractivity contribution in [2.45, 2.75) is 71.0 Å². The van der Waals surface area contributed by atoms with E-state index >= 15 is 0 Å². The third-order valence-corrected chi connectivity index (χ3v) is 8.52. The van der Waals surface area contributed by atoms with Crippen molar-refractivity contribution in [3.05, 3.63) is 57.7 Å². The van der Waals surface area contributed by atoms with Crippen LogP contribution in [0.3, 0.4) is 0 Å². The van der Waals surface area contributed by atoms with E-state index in [4.69, 9.17) is 11.6 Å². The van der Waals surface area contributed by atoms with Crippen molar-refractivity contribution in [2.24, 2.45) is 0 Å². The van der Waals surface area contributed by atoms with Gasteiger partial charge in [0.05, 0.1) is 6.04 Å². The van der Waals surface area contributed by atoms with Gasteiger partial charge < -0.3 is 10.2 Å². The molecule has 0 spiro atoms. The summed E-state index contributed by atoms with van der Waals surface area (Å²) < 4.78 is 0. The van der Waals surface area contributed by atoms with E-state index < -0.39 is 0 Å². The minimum absolute atomic E-state index is 0.00533. The summed E-state index contributed by atoms with van der Waals surface area (Å²) >= 11 is 6.19. The van der Waals surface area contributed by atoms with E-state index in [1.165, 1.54) is 5.56 Å². The van der Waals surface area contributed by atoms with Gasteiger partial charge in [-0.2, -0.15) is 0 Å². The van der Waals surface area contributed by atoms with Crippen LogP contribution >= 0.6 is 11.6 Å². The van der Waals surface area contributed by atoms with Crippen LogP contribution in [0.15, 0.2) is 30.3 Å². The number of anilines is 1. The summed E-state index contributed by atoms with van der Waals surface area (Å²) in [5, 5.41) is 3.86. The van der Waals surface area contributed by atoms with Crippen molar-refractivity contribution in [3.8, 4) is 0 Å². The van der Waals surface area contributed by atoms with Crippen LogP contribution in [0.4, 0.5) is 5.82 Å². The number of likely N-dealkylation sites (tertiary alicyclic amines) is 3. The summed E-state index contributed by atoms with van der Waals surface area (Å²) in [7, 11) is 0. The molecule has 0 saturated carbocycles. The Kier molecular flexibility index (Phi) is 8.12. The van der Waals surface area contributed by atoms with Crippen molar-refractivity contribution in [1.82, 2.24) is 19.7 Å². The highest BCUT2D eigenvalue weighted by Gasteiger charge is 2.37. The van der Waals surface area contributed by atoms with Gasteiger partial charge >= 0.3 is 0 Å². The summed E-state index contributed by atoms with van der Waals surface area (Å²) in [5.74, 6) is 0.503. The van der Waals surface area contributed by atoms with Gasteiger partial charge in [0.15, 0.2) is 0 Å². The number of amides is 2. The molecule has 7 nitrogen and oxygen atoms in total. The molecule has 3 fully saturated rings. The fourth-order valence-electron chi connectivity index (χ4n) is 6.15. The molecule has 37 heavy (non-hydrogen) atoms. The first-order valence-electron chi connectivity index (χ1n) is 13.7. The Morgan fingerprint density at radius 2 is 1.73 bits per heavy atom. The highest BCUT2D eigenvalue weighted by molar-refractivity contribution is 6.31. The monoisotopic (exact) mass is 523 g/mol. The molecule has 1 N–H and O–H groups in total. The second kappa shape index (κ2) is 11.5. The Morgan fingerprint density at radius 3 is 2.46 bits per heavy atom. The summed E-state index contributed by atoms with van der Waals surface area (Å²) in [4.78, 5) is 37.6. The Hall–Kier alpha value is -2.48. The summed E-state index contributed by atoms with van der Waals surface area (Å²) in [5.41, 5.74) is 3.77. The number of carbonyl (C=O) groups is 2. The van der Waals surface area contributed by atoms with Crippen LogP contribution in [0.1, 0.15) is 65.7 Å². The highest BCUT2D eigenvalue weighted by Crippen LogP contribution is 2.28. The lowest BCUT2D eigenvalue weighted by atomic mass is 10.0. The molecule has 2 amide bonds. The average Bonchev–Trinajstić information content (AvgIpc) is 3.59. The molecule has 1 aromatic carbocycles. The number of aromatic nitrogens is 1. The number of halogens is 1. The van der Waals surface area contributed by atoms with Crippen LogP contribution < -0.4 is 5.32 Å². The maximum atomic E-state index is 13.4. The molecule has 0 bridgehead atoms. The molecule has 1 aromatic heterocycles. The SMILES string of the molecule is Cc1cc(C(=O)N2CCCC2)cc(NC(=O)[C@H]2CCCN2C2CCN(Cc3ccc(Cl)c(C)c3)CC2)n1. The number of hydrogen-bond acceptors (Lipinski definition) is 5. The lowest BCUT2D eigenvalue weighted by Crippen LogP contribution is -2.50. The van der Waals surface area contributed by atoms with E-state index in [-0.39, 0.29) is 17.9 Å². The average molecular weight is 524 g/mol. The number of nitrogens with one attached hydrogen (secondary N) is 1. The Bertz CT molecular complexity index is 1140. The maximum Gasteiger partial charge on any atom is 0.254 e. The van der Waals surface area contributed by atoms with Gasteiger partial charge in [-0.3, -0.25) is 19.4 Å². The first-order chi connectivity index (χ1) is 17.9. The molecule has 5 rings (SSSR count). The molecule has 0 aliphatic carbocycles. The summed E-state index contributed by atoms with van der Waals surface area (Å²) in [6.45, 7) is 9.48. The third kappa shape index (κ3) is 6.16. The number of aryl methyl sites for hydroxylation is 2. The molecule has 4 heterocycles. The smallest absolute Gasteiger partial charge is 0.254 e. The van der Waals surface area contributed by atoms with Gasteiger partial charge in [-0.25, -0.2) is 4.98 Å². The quantitative estimate of drug-likeness (QED) is 0.596. The van der Waals surface area contributed by atoms with Gasteiger partial charge in [0.1, 0.15) is 5.82 Å². The first-order valence-corrected chi connectivity index (χ1v) is 14.1. The van der Waals surface area contributed by atoms with Crippen LogP contribution in [0.5, 0.6) is 0 Å². The van der Waals surface area contributed by atoms with Gasteiger partial charge in [-0.1, -0.05) is 23.7 Å². The molecule has 3 aliphatic heterocycles. The fourth-order valence-corrected chi connectivity index (χ4v) is 6.27. The van der Waals surface area contributed by atoms with Gasteiger partial charge in [0.25, 0.3) is 5.91 Å². The lowest BCUT2D eigenvalue weighted by molar-refractivity contribution is -0.121. The summed E-state index contributed by atoms with van der Waals surface area (Å²) in [6.07, 6.45) is 6.12. The van der Waals surface area contributed by atoms with Crippen LogP contribution in [0.2, 0.25) is 5.02 Å². The zero-order valence-electron chi connectivity index (χ0n) is 22.0. The van der Waals surface area contributed by atoms with E-state index in [1.807, 2.05) is 24.0 Å². The van der Waals surface area contributed by atoms with Gasteiger partial charge in [-0.05, 0) is 101 Å². The second-order valence-electron chi connectivity index (χ2n) is 10.9. The molecule has 198 valence electrons. The predicted molar refractivity (Wildman–Crippen MR) is 147 cm³/mol. The van der Waals surface area contributed by atoms with Crippen molar-refractivity contribution in [1.29, 1.82) is 0 Å². The van der Waals surface area contributed by atoms with Gasteiger partial charge in [0, 0.05) is 42.0 Å². The van der Waals surface area contributed by atoms with Crippen molar-refractivity contribution in [3.63, 3.8) is 0 Å². The maximum absolute atomic E-state index is 13.4. The van der Waals surface area contributed by atoms with Crippen LogP contribution in [0, 0.1) is 13.8 Å². The van der Waals surface area contributed by atoms with Crippen LogP contribution in [-0.2, 0) is 11.3 Å². The number of nitrogens with zero attached hydrogens (tertiary/aromatic N) is 4. The molecule has 0 radical (unpaired) electrons. The molecule has 0 unspecified atom stereocenters. The van der Waals surface area contributed by atoms with Gasteiger partial charge in [0.2, 0.25) is 5.91 Å². The van der Waals surface area contributed by atoms with Crippen LogP contribution in [-0.4, -0.2) is 76.3 Å². The third-order valence-electron chi connectivity index (χ3n) is 8.10. The largest absolute Gasteiger partial charge is 0.339 e. The topological polar surface area (TPSA) is 68.8 Å². The minimum Gasteiger partial charge on any atom is -0.339 e. The predicted octanol–water partition coefficient (Wildman–Crippen LogP) is 4.66. The number of benzene rings is 1.